The summed E-state index contributed by atoms with van der Waals surface area (Å²) in [6.45, 7) is 1.46. The molecule has 8 nitrogen and oxygen atoms in total. The van der Waals surface area contributed by atoms with Gasteiger partial charge in [0.05, 0.1) is 37.2 Å². The third-order valence-electron chi connectivity index (χ3n) is 7.34. The Kier molecular flexibility index (Phi) is 6.84. The number of alkyl halides is 1. The molecular weight excluding hydrogens is 552 g/mol. The molecule has 3 heterocycles. The van der Waals surface area contributed by atoms with Crippen LogP contribution in [-0.4, -0.2) is 63.6 Å². The van der Waals surface area contributed by atoms with E-state index in [1.165, 1.54) is 4.90 Å². The maximum Gasteiger partial charge on any atom is 0.312 e. The van der Waals surface area contributed by atoms with E-state index in [0.29, 0.717) is 22.7 Å². The molecule has 0 saturated carbocycles. The number of nitrogens with one attached hydrogen (secondary N) is 1. The highest BCUT2D eigenvalue weighted by molar-refractivity contribution is 9.09. The van der Waals surface area contributed by atoms with E-state index in [-0.39, 0.29) is 11.4 Å². The number of aliphatic hydroxyl groups excluding tert-OH is 1. The first-order chi connectivity index (χ1) is 17.3. The van der Waals surface area contributed by atoms with Crippen LogP contribution in [0.25, 0.3) is 0 Å². The van der Waals surface area contributed by atoms with Crippen molar-refractivity contribution >= 4 is 51.0 Å². The minimum absolute atomic E-state index is 0.163. The Morgan fingerprint density at radius 1 is 1.25 bits per heavy atom. The van der Waals surface area contributed by atoms with Gasteiger partial charge in [0.15, 0.2) is 0 Å². The van der Waals surface area contributed by atoms with Crippen molar-refractivity contribution in [1.82, 2.24) is 4.90 Å². The van der Waals surface area contributed by atoms with E-state index >= 15 is 0 Å². The van der Waals surface area contributed by atoms with E-state index in [9.17, 15) is 19.5 Å². The molecule has 10 heteroatoms. The van der Waals surface area contributed by atoms with E-state index < -0.39 is 60.0 Å². The Hall–Kier alpha value is -2.46. The topological polar surface area (TPSA) is 105 Å². The maximum absolute atomic E-state index is 14.1. The van der Waals surface area contributed by atoms with Crippen LogP contribution in [0.5, 0.6) is 0 Å². The van der Waals surface area contributed by atoms with Gasteiger partial charge in [0, 0.05) is 15.5 Å². The molecular formula is C26H26BrClN2O6. The second-order valence-electron chi connectivity index (χ2n) is 9.27. The van der Waals surface area contributed by atoms with Crippen molar-refractivity contribution in [2.45, 2.75) is 42.0 Å². The van der Waals surface area contributed by atoms with Crippen molar-refractivity contribution in [3.8, 4) is 0 Å². The van der Waals surface area contributed by atoms with Crippen LogP contribution >= 0.6 is 27.5 Å². The molecule has 190 valence electrons. The molecule has 2 bridgehead atoms. The summed E-state index contributed by atoms with van der Waals surface area (Å²) in [7, 11) is 0. The summed E-state index contributed by atoms with van der Waals surface area (Å²) in [6, 6.07) is 13.8. The zero-order chi connectivity index (χ0) is 25.6. The average molecular weight is 578 g/mol. The molecule has 2 amide bonds. The van der Waals surface area contributed by atoms with Crippen molar-refractivity contribution in [2.24, 2.45) is 11.8 Å². The van der Waals surface area contributed by atoms with Gasteiger partial charge < -0.3 is 24.8 Å². The van der Waals surface area contributed by atoms with Gasteiger partial charge in [-0.2, -0.15) is 0 Å². The number of ether oxygens (including phenoxy) is 2. The number of esters is 1. The lowest BCUT2D eigenvalue weighted by Crippen LogP contribution is -2.54. The molecule has 1 spiro atoms. The zero-order valence-electron chi connectivity index (χ0n) is 19.5. The molecule has 5 rings (SSSR count). The van der Waals surface area contributed by atoms with Crippen LogP contribution in [0.1, 0.15) is 24.9 Å². The highest BCUT2D eigenvalue weighted by Crippen LogP contribution is 2.61. The zero-order valence-corrected chi connectivity index (χ0v) is 21.8. The molecule has 2 aromatic carbocycles. The number of likely N-dealkylation sites (tertiary alicyclic amines) is 1. The molecule has 0 aliphatic carbocycles. The first-order valence-electron chi connectivity index (χ1n) is 11.8. The quantitative estimate of drug-likeness (QED) is 0.387. The monoisotopic (exact) mass is 576 g/mol. The summed E-state index contributed by atoms with van der Waals surface area (Å²) in [4.78, 5) is 42.2. The largest absolute Gasteiger partial charge is 0.466 e. The summed E-state index contributed by atoms with van der Waals surface area (Å²) in [5.74, 6) is -3.16. The van der Waals surface area contributed by atoms with Crippen LogP contribution in [0.4, 0.5) is 5.69 Å². The highest BCUT2D eigenvalue weighted by atomic mass is 79.9. The normalized spacial score (nSPS) is 31.3. The van der Waals surface area contributed by atoms with Crippen LogP contribution in [0, 0.1) is 11.8 Å². The number of rotatable bonds is 7. The number of carbonyl (C=O) groups excluding carboxylic acids is 3. The maximum atomic E-state index is 14.1. The van der Waals surface area contributed by atoms with Gasteiger partial charge in [-0.15, -0.1) is 0 Å². The van der Waals surface area contributed by atoms with Crippen molar-refractivity contribution in [2.75, 3.05) is 18.5 Å². The van der Waals surface area contributed by atoms with Crippen LogP contribution < -0.4 is 5.32 Å². The van der Waals surface area contributed by atoms with Crippen LogP contribution in [0.2, 0.25) is 5.02 Å². The molecule has 3 aliphatic rings. The number of halogens is 2. The fourth-order valence-electron chi connectivity index (χ4n) is 5.98. The first-order valence-corrected chi connectivity index (χ1v) is 13.1. The number of amides is 2. The molecule has 0 radical (unpaired) electrons. The van der Waals surface area contributed by atoms with Gasteiger partial charge in [-0.25, -0.2) is 0 Å². The number of fused-ring (bicyclic) bond motifs is 1. The fraction of sp³-hybridized carbons (Fsp3) is 0.423. The third kappa shape index (κ3) is 3.93. The van der Waals surface area contributed by atoms with E-state index in [1.807, 2.05) is 6.07 Å². The van der Waals surface area contributed by atoms with Gasteiger partial charge in [-0.05, 0) is 43.2 Å². The van der Waals surface area contributed by atoms with Crippen molar-refractivity contribution in [3.63, 3.8) is 0 Å². The first kappa shape index (κ1) is 25.2. The Balaban J connectivity index is 1.60. The SMILES string of the molecule is CCOC(=O)[C@@H]1[C@H]2O[C@@]3(CC2Br)[C@H](C(=O)Nc2ccc(Cl)cc2)N([C@H](CO)c2ccccc2)C(=O)[C@@H]13. The average Bonchev–Trinajstić information content (AvgIpc) is 3.46. The number of hydrogen-bond donors (Lipinski definition) is 2. The van der Waals surface area contributed by atoms with Gasteiger partial charge >= 0.3 is 5.97 Å². The van der Waals surface area contributed by atoms with E-state index in [1.54, 1.807) is 55.5 Å². The lowest BCUT2D eigenvalue weighted by Gasteiger charge is -2.37. The molecule has 2 N–H and O–H groups in total. The predicted octanol–water partition coefficient (Wildman–Crippen LogP) is 3.32. The molecule has 0 aromatic heterocycles. The van der Waals surface area contributed by atoms with E-state index in [4.69, 9.17) is 21.1 Å². The number of anilines is 1. The van der Waals surface area contributed by atoms with Gasteiger partial charge in [0.25, 0.3) is 0 Å². The molecule has 3 fully saturated rings. The van der Waals surface area contributed by atoms with Gasteiger partial charge in [0.1, 0.15) is 11.6 Å². The molecule has 2 aromatic rings. The van der Waals surface area contributed by atoms with Gasteiger partial charge in [-0.1, -0.05) is 57.9 Å². The summed E-state index contributed by atoms with van der Waals surface area (Å²) in [6.07, 6.45) is -0.248. The minimum Gasteiger partial charge on any atom is -0.466 e. The van der Waals surface area contributed by atoms with Gasteiger partial charge in [0.2, 0.25) is 11.8 Å². The third-order valence-corrected chi connectivity index (χ3v) is 8.44. The van der Waals surface area contributed by atoms with Gasteiger partial charge in [-0.3, -0.25) is 14.4 Å². The second-order valence-corrected chi connectivity index (χ2v) is 10.9. The Morgan fingerprint density at radius 3 is 2.58 bits per heavy atom. The van der Waals surface area contributed by atoms with Crippen molar-refractivity contribution in [1.29, 1.82) is 0 Å². The lowest BCUT2D eigenvalue weighted by atomic mass is 9.70. The summed E-state index contributed by atoms with van der Waals surface area (Å²) in [5, 5.41) is 13.8. The Morgan fingerprint density at radius 2 is 1.94 bits per heavy atom. The standard InChI is InChI=1S/C26H26BrClN2O6/c1-2-35-25(34)19-20-24(33)30(18(13-31)14-6-4-3-5-7-14)22(26(20)12-17(27)21(19)36-26)23(32)29-16-10-8-15(28)9-11-16/h3-11,17-22,31H,2,12-13H2,1H3,(H,29,32)/t17?,18-,19+,20-,21+,22+,26-/m1/s1. The number of benzene rings is 2. The summed E-state index contributed by atoms with van der Waals surface area (Å²) < 4.78 is 11.7. The number of aliphatic hydroxyl groups is 1. The van der Waals surface area contributed by atoms with E-state index in [2.05, 4.69) is 21.2 Å². The number of hydrogen-bond acceptors (Lipinski definition) is 6. The van der Waals surface area contributed by atoms with Crippen LogP contribution in [-0.2, 0) is 23.9 Å². The Bertz CT molecular complexity index is 1160. The smallest absolute Gasteiger partial charge is 0.312 e. The second kappa shape index (κ2) is 9.78. The van der Waals surface area contributed by atoms with Crippen molar-refractivity contribution in [3.05, 3.63) is 65.2 Å². The molecule has 1 unspecified atom stereocenters. The molecule has 36 heavy (non-hydrogen) atoms. The molecule has 7 atom stereocenters. The van der Waals surface area contributed by atoms with Crippen LogP contribution in [0.15, 0.2) is 54.6 Å². The minimum atomic E-state index is -1.26. The van der Waals surface area contributed by atoms with E-state index in [0.717, 1.165) is 0 Å². The Labute approximate surface area is 222 Å². The molecule has 3 aliphatic heterocycles. The number of carbonyl (C=O) groups is 3. The number of nitrogens with zero attached hydrogens (tertiary/aromatic N) is 1. The molecule has 3 saturated heterocycles. The summed E-state index contributed by atoms with van der Waals surface area (Å²) in [5.41, 5.74) is -0.0834. The fourth-order valence-corrected chi connectivity index (χ4v) is 7.05. The summed E-state index contributed by atoms with van der Waals surface area (Å²) >= 11 is 9.61. The van der Waals surface area contributed by atoms with Crippen LogP contribution in [0.3, 0.4) is 0 Å². The predicted molar refractivity (Wildman–Crippen MR) is 136 cm³/mol. The van der Waals surface area contributed by atoms with Crippen molar-refractivity contribution < 1.29 is 29.0 Å². The lowest BCUT2D eigenvalue weighted by molar-refractivity contribution is -0.155. The highest BCUT2D eigenvalue weighted by Gasteiger charge is 2.77.